The van der Waals surface area contributed by atoms with E-state index in [-0.39, 0.29) is 4.47 Å². The molecule has 9 heteroatoms. The Bertz CT molecular complexity index is 1010. The Kier molecular flexibility index (Phi) is 5.97. The van der Waals surface area contributed by atoms with Crippen LogP contribution in [0.15, 0.2) is 45.8 Å². The number of fused-ring (bicyclic) bond motifs is 1. The monoisotopic (exact) mass is 475 g/mol. The maximum Gasteiger partial charge on any atom is 0.417 e. The van der Waals surface area contributed by atoms with Crippen LogP contribution in [0.2, 0.25) is 0 Å². The molecule has 28 heavy (non-hydrogen) atoms. The van der Waals surface area contributed by atoms with Crippen molar-refractivity contribution in [2.45, 2.75) is 42.8 Å². The summed E-state index contributed by atoms with van der Waals surface area (Å²) in [6, 6.07) is 8.15. The van der Waals surface area contributed by atoms with Gasteiger partial charge >= 0.3 is 6.18 Å². The molecule has 1 aliphatic rings. The predicted octanol–water partition coefficient (Wildman–Crippen LogP) is 4.05. The van der Waals surface area contributed by atoms with Crippen molar-refractivity contribution in [1.82, 2.24) is 4.72 Å². The second kappa shape index (κ2) is 7.96. The van der Waals surface area contributed by atoms with Crippen LogP contribution in [0.3, 0.4) is 0 Å². The largest absolute Gasteiger partial charge is 0.417 e. The molecule has 0 amide bonds. The Labute approximate surface area is 169 Å². The van der Waals surface area contributed by atoms with E-state index in [1.165, 1.54) is 6.07 Å². The highest BCUT2D eigenvalue weighted by molar-refractivity contribution is 9.10. The van der Waals surface area contributed by atoms with Crippen LogP contribution in [0.1, 0.15) is 28.7 Å². The van der Waals surface area contributed by atoms with Crippen molar-refractivity contribution in [3.63, 3.8) is 0 Å². The Morgan fingerprint density at radius 1 is 1.11 bits per heavy atom. The number of rotatable bonds is 6. The Morgan fingerprint density at radius 2 is 1.82 bits per heavy atom. The highest BCUT2D eigenvalue weighted by atomic mass is 79.9. The van der Waals surface area contributed by atoms with Gasteiger partial charge in [0, 0.05) is 16.9 Å². The van der Waals surface area contributed by atoms with Crippen LogP contribution in [-0.4, -0.2) is 20.7 Å². The quantitative estimate of drug-likeness (QED) is 0.641. The van der Waals surface area contributed by atoms with Gasteiger partial charge in [-0.3, -0.25) is 0 Å². The number of sulfonamides is 1. The number of halogens is 4. The molecule has 0 saturated carbocycles. The summed E-state index contributed by atoms with van der Waals surface area (Å²) in [5, 5.41) is 0. The van der Waals surface area contributed by atoms with Crippen LogP contribution in [0.5, 0.6) is 0 Å². The number of carbonyl (C=O) groups is 1. The minimum atomic E-state index is -4.79. The highest BCUT2D eigenvalue weighted by Crippen LogP contribution is 2.36. The average Bonchev–Trinajstić information content (AvgIpc) is 2.99. The number of benzene rings is 2. The van der Waals surface area contributed by atoms with E-state index in [9.17, 15) is 26.4 Å². The molecule has 1 aliphatic carbocycles. The number of nitrogens with one attached hydrogen (secondary N) is 1. The molecule has 0 radical (unpaired) electrons. The SMILES string of the molecule is O=CCCc1ccc2c(c1)CC(NS(=O)(=O)c1ccc(Br)cc1C(F)(F)F)C2. The molecule has 2 aromatic rings. The first-order valence-electron chi connectivity index (χ1n) is 8.53. The van der Waals surface area contributed by atoms with Gasteiger partial charge in [0.15, 0.2) is 0 Å². The van der Waals surface area contributed by atoms with E-state index in [0.29, 0.717) is 25.7 Å². The normalized spacial score (nSPS) is 16.8. The molecule has 1 unspecified atom stereocenters. The molecule has 0 saturated heterocycles. The minimum absolute atomic E-state index is 0.148. The smallest absolute Gasteiger partial charge is 0.303 e. The van der Waals surface area contributed by atoms with Crippen LogP contribution in [0.25, 0.3) is 0 Å². The van der Waals surface area contributed by atoms with Gasteiger partial charge < -0.3 is 4.79 Å². The van der Waals surface area contributed by atoms with Crippen molar-refractivity contribution in [3.05, 3.63) is 63.1 Å². The third-order valence-electron chi connectivity index (χ3n) is 4.61. The molecule has 1 atom stereocenters. The standard InChI is InChI=1S/C19H17BrF3NO3S/c20-15-5-6-18(17(11-15)19(21,22)23)28(26,27)24-16-9-13-4-3-12(2-1-7-25)8-14(13)10-16/h3-8,11,16,24H,1-2,9-10H2. The van der Waals surface area contributed by atoms with Crippen molar-refractivity contribution in [1.29, 1.82) is 0 Å². The maximum atomic E-state index is 13.3. The Morgan fingerprint density at radius 3 is 2.50 bits per heavy atom. The van der Waals surface area contributed by atoms with Gasteiger partial charge in [-0.1, -0.05) is 34.1 Å². The van der Waals surface area contributed by atoms with E-state index in [0.717, 1.165) is 35.1 Å². The van der Waals surface area contributed by atoms with E-state index in [4.69, 9.17) is 0 Å². The molecular weight excluding hydrogens is 459 g/mol. The maximum absolute atomic E-state index is 13.3. The van der Waals surface area contributed by atoms with Gasteiger partial charge in [0.05, 0.1) is 10.5 Å². The topological polar surface area (TPSA) is 63.2 Å². The number of hydrogen-bond donors (Lipinski definition) is 1. The van der Waals surface area contributed by atoms with Crippen LogP contribution in [0, 0.1) is 0 Å². The van der Waals surface area contributed by atoms with Gasteiger partial charge in [-0.2, -0.15) is 13.2 Å². The van der Waals surface area contributed by atoms with Crippen molar-refractivity contribution in [2.24, 2.45) is 0 Å². The van der Waals surface area contributed by atoms with Crippen LogP contribution in [0.4, 0.5) is 13.2 Å². The summed E-state index contributed by atoms with van der Waals surface area (Å²) < 4.78 is 67.8. The lowest BCUT2D eigenvalue weighted by Crippen LogP contribution is -2.36. The molecule has 0 aliphatic heterocycles. The summed E-state index contributed by atoms with van der Waals surface area (Å²) in [5.74, 6) is 0. The fourth-order valence-electron chi connectivity index (χ4n) is 3.38. The van der Waals surface area contributed by atoms with Crippen LogP contribution in [-0.2, 0) is 40.3 Å². The predicted molar refractivity (Wildman–Crippen MR) is 101 cm³/mol. The first-order valence-corrected chi connectivity index (χ1v) is 10.8. The molecule has 0 heterocycles. The fourth-order valence-corrected chi connectivity index (χ4v) is 5.18. The van der Waals surface area contributed by atoms with Crippen molar-refractivity contribution in [3.8, 4) is 0 Å². The van der Waals surface area contributed by atoms with Gasteiger partial charge in [0.2, 0.25) is 10.0 Å². The third kappa shape index (κ3) is 4.64. The molecule has 0 aromatic heterocycles. The summed E-state index contributed by atoms with van der Waals surface area (Å²) in [5.41, 5.74) is 1.67. The van der Waals surface area contributed by atoms with Crippen LogP contribution >= 0.6 is 15.9 Å². The van der Waals surface area contributed by atoms with Gasteiger partial charge in [-0.05, 0) is 54.2 Å². The molecular formula is C19H17BrF3NO3S. The third-order valence-corrected chi connectivity index (χ3v) is 6.68. The number of alkyl halides is 3. The van der Waals surface area contributed by atoms with E-state index < -0.39 is 32.7 Å². The fraction of sp³-hybridized carbons (Fsp3) is 0.316. The molecule has 0 fully saturated rings. The second-order valence-corrected chi connectivity index (χ2v) is 9.27. The molecule has 0 bridgehead atoms. The average molecular weight is 476 g/mol. The summed E-state index contributed by atoms with van der Waals surface area (Å²) in [7, 11) is -4.35. The molecule has 1 N–H and O–H groups in total. The molecule has 150 valence electrons. The number of aldehydes is 1. The Balaban J connectivity index is 1.82. The molecule has 0 spiro atoms. The van der Waals surface area contributed by atoms with Gasteiger partial charge in [0.1, 0.15) is 6.29 Å². The van der Waals surface area contributed by atoms with E-state index in [1.54, 1.807) is 0 Å². The zero-order chi connectivity index (χ0) is 20.5. The highest BCUT2D eigenvalue weighted by Gasteiger charge is 2.38. The first-order chi connectivity index (χ1) is 13.1. The summed E-state index contributed by atoms with van der Waals surface area (Å²) >= 11 is 2.95. The number of carbonyl (C=O) groups excluding carboxylic acids is 1. The minimum Gasteiger partial charge on any atom is -0.303 e. The van der Waals surface area contributed by atoms with Crippen molar-refractivity contribution >= 4 is 32.2 Å². The summed E-state index contributed by atoms with van der Waals surface area (Å²) in [6.07, 6.45) is -2.16. The molecule has 2 aromatic carbocycles. The van der Waals surface area contributed by atoms with Crippen molar-refractivity contribution < 1.29 is 26.4 Å². The lowest BCUT2D eigenvalue weighted by atomic mass is 10.0. The number of hydrogen-bond acceptors (Lipinski definition) is 3. The number of aryl methyl sites for hydroxylation is 1. The Hall–Kier alpha value is -1.71. The van der Waals surface area contributed by atoms with Gasteiger partial charge in [-0.15, -0.1) is 0 Å². The zero-order valence-electron chi connectivity index (χ0n) is 14.6. The van der Waals surface area contributed by atoms with Gasteiger partial charge in [0.25, 0.3) is 0 Å². The first kappa shape index (κ1) is 21.0. The summed E-state index contributed by atoms with van der Waals surface area (Å²) in [4.78, 5) is 9.73. The molecule has 3 rings (SSSR count). The van der Waals surface area contributed by atoms with E-state index >= 15 is 0 Å². The zero-order valence-corrected chi connectivity index (χ0v) is 17.0. The van der Waals surface area contributed by atoms with Gasteiger partial charge in [-0.25, -0.2) is 13.1 Å². The molecule has 4 nitrogen and oxygen atoms in total. The van der Waals surface area contributed by atoms with Crippen molar-refractivity contribution in [2.75, 3.05) is 0 Å². The van der Waals surface area contributed by atoms with E-state index in [1.807, 2.05) is 18.2 Å². The summed E-state index contributed by atoms with van der Waals surface area (Å²) in [6.45, 7) is 0. The van der Waals surface area contributed by atoms with Crippen LogP contribution < -0.4 is 4.72 Å². The lowest BCUT2D eigenvalue weighted by molar-refractivity contribution is -0.140. The lowest BCUT2D eigenvalue weighted by Gasteiger charge is -2.17. The second-order valence-electron chi connectivity index (χ2n) is 6.67. The van der Waals surface area contributed by atoms with E-state index in [2.05, 4.69) is 20.7 Å².